The van der Waals surface area contributed by atoms with Gasteiger partial charge in [0.2, 0.25) is 0 Å². The van der Waals surface area contributed by atoms with Gasteiger partial charge in [-0.05, 0) is 31.0 Å². The molecule has 2 atom stereocenters. The summed E-state index contributed by atoms with van der Waals surface area (Å²) in [5.74, 6) is 0.620. The van der Waals surface area contributed by atoms with E-state index >= 15 is 0 Å². The summed E-state index contributed by atoms with van der Waals surface area (Å²) < 4.78 is 0. The van der Waals surface area contributed by atoms with Gasteiger partial charge in [-0.1, -0.05) is 24.3 Å². The first-order valence-corrected chi connectivity index (χ1v) is 9.67. The summed E-state index contributed by atoms with van der Waals surface area (Å²) in [6.07, 6.45) is 4.15. The summed E-state index contributed by atoms with van der Waals surface area (Å²) >= 11 is 0. The highest BCUT2D eigenvalue weighted by Crippen LogP contribution is 2.52. The third-order valence-corrected chi connectivity index (χ3v) is 6.35. The van der Waals surface area contributed by atoms with E-state index in [2.05, 4.69) is 33.1 Å². The van der Waals surface area contributed by atoms with Crippen LogP contribution in [-0.2, 0) is 5.41 Å². The average Bonchev–Trinajstić information content (AvgIpc) is 2.97. The second kappa shape index (κ2) is 7.47. The molecule has 0 unspecified atom stereocenters. The van der Waals surface area contributed by atoms with Crippen molar-refractivity contribution >= 4 is 5.82 Å². The Labute approximate surface area is 164 Å². The van der Waals surface area contributed by atoms with Crippen LogP contribution in [0.5, 0.6) is 0 Å². The van der Waals surface area contributed by atoms with Crippen LogP contribution in [0.2, 0.25) is 0 Å². The molecule has 1 saturated heterocycles. The Hall–Kier alpha value is -2.53. The summed E-state index contributed by atoms with van der Waals surface area (Å²) in [6, 6.07) is 10.3. The first-order chi connectivity index (χ1) is 13.6. The van der Waals surface area contributed by atoms with Gasteiger partial charge < -0.3 is 15.1 Å². The fourth-order valence-electron chi connectivity index (χ4n) is 4.94. The van der Waals surface area contributed by atoms with E-state index in [1.54, 1.807) is 6.20 Å². The normalized spacial score (nSPS) is 23.0. The number of fused-ring (bicyclic) bond motifs is 2. The van der Waals surface area contributed by atoms with Gasteiger partial charge in [0.1, 0.15) is 6.07 Å². The maximum atomic E-state index is 11.4. The van der Waals surface area contributed by atoms with Gasteiger partial charge in [0.15, 0.2) is 11.5 Å². The number of aromatic nitrogens is 2. The van der Waals surface area contributed by atoms with Crippen molar-refractivity contribution in [1.29, 1.82) is 5.26 Å². The van der Waals surface area contributed by atoms with E-state index in [0.29, 0.717) is 31.1 Å². The molecule has 2 heterocycles. The van der Waals surface area contributed by atoms with Crippen molar-refractivity contribution in [3.8, 4) is 6.07 Å². The molecular formula is C21H25N5O2. The number of piperidine rings is 1. The molecule has 1 aromatic heterocycles. The standard InChI is InChI=1S/C21H25N5O2/c1-25(12-13-27)18-15-4-2-3-5-16(15)21(19(18)28)6-10-26(11-7-21)20-17(14-22)23-8-9-24-20/h2-5,8-9,18-19,27-28H,6-7,10-13H2,1H3/t18-,19+/m1/s1. The van der Waals surface area contributed by atoms with Gasteiger partial charge in [0, 0.05) is 37.4 Å². The lowest BCUT2D eigenvalue weighted by molar-refractivity contribution is 0.00488. The number of likely N-dealkylation sites (N-methyl/N-ethyl adjacent to an activating group) is 1. The zero-order chi connectivity index (χ0) is 19.7. The number of rotatable bonds is 4. The van der Waals surface area contributed by atoms with Crippen molar-refractivity contribution in [2.75, 3.05) is 38.2 Å². The zero-order valence-electron chi connectivity index (χ0n) is 16.0. The Morgan fingerprint density at radius 1 is 1.25 bits per heavy atom. The van der Waals surface area contributed by atoms with Crippen molar-refractivity contribution in [3.05, 3.63) is 53.5 Å². The molecule has 0 bridgehead atoms. The molecule has 7 nitrogen and oxygen atoms in total. The van der Waals surface area contributed by atoms with E-state index in [-0.39, 0.29) is 18.1 Å². The number of nitrogens with zero attached hydrogens (tertiary/aromatic N) is 5. The van der Waals surface area contributed by atoms with Crippen molar-refractivity contribution in [2.24, 2.45) is 0 Å². The molecule has 1 aliphatic carbocycles. The van der Waals surface area contributed by atoms with Crippen LogP contribution in [0, 0.1) is 11.3 Å². The van der Waals surface area contributed by atoms with Crippen LogP contribution in [0.4, 0.5) is 5.82 Å². The monoisotopic (exact) mass is 379 g/mol. The molecule has 0 saturated carbocycles. The minimum absolute atomic E-state index is 0.0618. The van der Waals surface area contributed by atoms with Crippen LogP contribution in [0.15, 0.2) is 36.7 Å². The number of aliphatic hydroxyl groups excluding tert-OH is 2. The topological polar surface area (TPSA) is 96.5 Å². The van der Waals surface area contributed by atoms with Crippen LogP contribution < -0.4 is 4.90 Å². The van der Waals surface area contributed by atoms with Crippen LogP contribution in [0.3, 0.4) is 0 Å². The van der Waals surface area contributed by atoms with Crippen molar-refractivity contribution < 1.29 is 10.2 Å². The Bertz CT molecular complexity index is 888. The summed E-state index contributed by atoms with van der Waals surface area (Å²) in [5.41, 5.74) is 2.37. The summed E-state index contributed by atoms with van der Waals surface area (Å²) in [4.78, 5) is 12.6. The predicted octanol–water partition coefficient (Wildman–Crippen LogP) is 1.23. The molecule has 2 aliphatic rings. The smallest absolute Gasteiger partial charge is 0.183 e. The molecule has 7 heteroatoms. The summed E-state index contributed by atoms with van der Waals surface area (Å²) in [5, 5.41) is 30.1. The van der Waals surface area contributed by atoms with Crippen LogP contribution >= 0.6 is 0 Å². The van der Waals surface area contributed by atoms with Gasteiger partial charge >= 0.3 is 0 Å². The highest BCUT2D eigenvalue weighted by molar-refractivity contribution is 5.52. The number of nitriles is 1. The SMILES string of the molecule is CN(CCO)[C@@H]1c2ccccc2C2(CCN(c3nccnc3C#N)CC2)[C@H]1O. The van der Waals surface area contributed by atoms with Crippen LogP contribution in [-0.4, -0.2) is 64.5 Å². The summed E-state index contributed by atoms with van der Waals surface area (Å²) in [6.45, 7) is 1.99. The number of anilines is 1. The number of benzene rings is 1. The third kappa shape index (κ3) is 2.85. The highest BCUT2D eigenvalue weighted by atomic mass is 16.3. The maximum absolute atomic E-state index is 11.4. The molecule has 1 aliphatic heterocycles. The maximum Gasteiger partial charge on any atom is 0.183 e. The average molecular weight is 379 g/mol. The zero-order valence-corrected chi connectivity index (χ0v) is 16.0. The van der Waals surface area contributed by atoms with Gasteiger partial charge in [-0.25, -0.2) is 9.97 Å². The minimum atomic E-state index is -0.541. The molecule has 4 rings (SSSR count). The van der Waals surface area contributed by atoms with E-state index in [4.69, 9.17) is 0 Å². The van der Waals surface area contributed by atoms with Crippen LogP contribution in [0.1, 0.15) is 35.7 Å². The Morgan fingerprint density at radius 3 is 2.68 bits per heavy atom. The van der Waals surface area contributed by atoms with E-state index in [9.17, 15) is 15.5 Å². The van der Waals surface area contributed by atoms with Gasteiger partial charge in [-0.2, -0.15) is 5.26 Å². The molecule has 1 aromatic carbocycles. The van der Waals surface area contributed by atoms with E-state index in [0.717, 1.165) is 18.4 Å². The Kier molecular flexibility index (Phi) is 5.02. The fourth-order valence-corrected chi connectivity index (χ4v) is 4.94. The molecular weight excluding hydrogens is 354 g/mol. The van der Waals surface area contributed by atoms with Gasteiger partial charge in [-0.3, -0.25) is 4.90 Å². The quantitative estimate of drug-likeness (QED) is 0.825. The van der Waals surface area contributed by atoms with E-state index < -0.39 is 6.10 Å². The van der Waals surface area contributed by atoms with Crippen molar-refractivity contribution in [1.82, 2.24) is 14.9 Å². The van der Waals surface area contributed by atoms with Crippen molar-refractivity contribution in [3.63, 3.8) is 0 Å². The van der Waals surface area contributed by atoms with Crippen molar-refractivity contribution in [2.45, 2.75) is 30.4 Å². The second-order valence-electron chi connectivity index (χ2n) is 7.66. The molecule has 146 valence electrons. The number of hydrogen-bond donors (Lipinski definition) is 2. The lowest BCUT2D eigenvalue weighted by Crippen LogP contribution is -2.50. The lowest BCUT2D eigenvalue weighted by Gasteiger charge is -2.44. The van der Waals surface area contributed by atoms with Gasteiger partial charge in [0.05, 0.1) is 18.8 Å². The second-order valence-corrected chi connectivity index (χ2v) is 7.66. The minimum Gasteiger partial charge on any atom is -0.395 e. The first-order valence-electron chi connectivity index (χ1n) is 9.67. The molecule has 28 heavy (non-hydrogen) atoms. The van der Waals surface area contributed by atoms with Gasteiger partial charge in [0.25, 0.3) is 0 Å². The van der Waals surface area contributed by atoms with Gasteiger partial charge in [-0.15, -0.1) is 0 Å². The van der Waals surface area contributed by atoms with E-state index in [1.807, 2.05) is 24.1 Å². The molecule has 1 fully saturated rings. The molecule has 1 spiro atoms. The molecule has 0 radical (unpaired) electrons. The summed E-state index contributed by atoms with van der Waals surface area (Å²) in [7, 11) is 1.95. The third-order valence-electron chi connectivity index (χ3n) is 6.35. The predicted molar refractivity (Wildman–Crippen MR) is 105 cm³/mol. The number of aliphatic hydroxyl groups is 2. The Balaban J connectivity index is 1.64. The fraction of sp³-hybridized carbons (Fsp3) is 0.476. The lowest BCUT2D eigenvalue weighted by atomic mass is 9.72. The Morgan fingerprint density at radius 2 is 1.96 bits per heavy atom. The largest absolute Gasteiger partial charge is 0.395 e. The molecule has 0 amide bonds. The number of hydrogen-bond acceptors (Lipinski definition) is 7. The molecule has 2 aromatic rings. The van der Waals surface area contributed by atoms with Crippen LogP contribution in [0.25, 0.3) is 0 Å². The van der Waals surface area contributed by atoms with E-state index in [1.165, 1.54) is 11.8 Å². The highest BCUT2D eigenvalue weighted by Gasteiger charge is 2.53. The molecule has 2 N–H and O–H groups in total. The first kappa shape index (κ1) is 18.8.